The summed E-state index contributed by atoms with van der Waals surface area (Å²) in [5, 5.41) is 0. The van der Waals surface area contributed by atoms with Crippen molar-refractivity contribution in [2.24, 2.45) is 11.8 Å². The van der Waals surface area contributed by atoms with E-state index in [0.29, 0.717) is 6.61 Å². The number of carbonyl (C=O) groups is 1. The van der Waals surface area contributed by atoms with Crippen LogP contribution in [0, 0.1) is 11.8 Å². The summed E-state index contributed by atoms with van der Waals surface area (Å²) in [6.07, 6.45) is 35.5. The maximum Gasteiger partial charge on any atom is 0.308 e. The zero-order chi connectivity index (χ0) is 36.0. The first kappa shape index (κ1) is 48.3. The molecule has 0 rings (SSSR count). The van der Waals surface area contributed by atoms with Crippen molar-refractivity contribution < 1.29 is 14.3 Å². The number of likely N-dealkylation sites (N-methyl/N-ethyl adjacent to an activating group) is 1. The highest BCUT2D eigenvalue weighted by atomic mass is 16.5. The average Bonchev–Trinajstić information content (AvgIpc) is 3.09. The molecular formula is C44H90N2O3. The molecule has 2 atom stereocenters. The van der Waals surface area contributed by atoms with E-state index >= 15 is 0 Å². The predicted octanol–water partition coefficient (Wildman–Crippen LogP) is 12.6. The Hall–Kier alpha value is -0.650. The first-order chi connectivity index (χ1) is 24.0. The average molecular weight is 695 g/mol. The second-order valence-corrected chi connectivity index (χ2v) is 15.7. The smallest absolute Gasteiger partial charge is 0.308 e. The second kappa shape index (κ2) is 38.6. The van der Waals surface area contributed by atoms with Gasteiger partial charge in [-0.2, -0.15) is 0 Å². The Morgan fingerprint density at radius 2 is 0.898 bits per heavy atom. The molecule has 0 aromatic carbocycles. The maximum atomic E-state index is 13.0. The number of carbonyl (C=O) groups excluding carboxylic acids is 1. The van der Waals surface area contributed by atoms with E-state index in [2.05, 4.69) is 51.6 Å². The fourth-order valence-electron chi connectivity index (χ4n) is 6.95. The molecule has 0 fully saturated rings. The Morgan fingerprint density at radius 1 is 0.469 bits per heavy atom. The largest absolute Gasteiger partial charge is 0.465 e. The molecule has 0 spiro atoms. The van der Waals surface area contributed by atoms with Gasteiger partial charge in [-0.25, -0.2) is 0 Å². The van der Waals surface area contributed by atoms with Crippen molar-refractivity contribution in [1.29, 1.82) is 0 Å². The lowest BCUT2D eigenvalue weighted by Crippen LogP contribution is -2.33. The van der Waals surface area contributed by atoms with E-state index in [4.69, 9.17) is 9.47 Å². The molecule has 0 heterocycles. The van der Waals surface area contributed by atoms with Crippen LogP contribution in [0.15, 0.2) is 0 Å². The third kappa shape index (κ3) is 34.2. The Bertz CT molecular complexity index is 658. The zero-order valence-corrected chi connectivity index (χ0v) is 34.5. The van der Waals surface area contributed by atoms with Crippen LogP contribution in [0.5, 0.6) is 0 Å². The summed E-state index contributed by atoms with van der Waals surface area (Å²) in [7, 11) is 4.33. The van der Waals surface area contributed by atoms with E-state index in [9.17, 15) is 4.79 Å². The molecule has 5 nitrogen and oxygen atoms in total. The quantitative estimate of drug-likeness (QED) is 0.0472. The van der Waals surface area contributed by atoms with Gasteiger partial charge in [0.25, 0.3) is 0 Å². The van der Waals surface area contributed by atoms with Gasteiger partial charge in [0.2, 0.25) is 0 Å². The lowest BCUT2D eigenvalue weighted by Gasteiger charge is -2.24. The standard InChI is InChI=1S/C44H90N2O3/c1-7-11-15-19-21-24-32-42(31-23-17-13-9-3)41-48-39-29-27-35-46(38-37-45(5)6)36-28-30-40-49-44(47)43(33-25-18-14-10-4)34-26-22-20-16-12-8-2/h42-43H,7-41H2,1-6H3. The third-order valence-electron chi connectivity index (χ3n) is 10.4. The van der Waals surface area contributed by atoms with Gasteiger partial charge in [0.1, 0.15) is 0 Å². The molecule has 0 saturated carbocycles. The van der Waals surface area contributed by atoms with Crippen molar-refractivity contribution in [2.75, 3.05) is 60.1 Å². The molecule has 0 amide bonds. The van der Waals surface area contributed by atoms with Crippen LogP contribution in [0.1, 0.15) is 207 Å². The van der Waals surface area contributed by atoms with Crippen molar-refractivity contribution in [2.45, 2.75) is 207 Å². The van der Waals surface area contributed by atoms with E-state index in [1.807, 2.05) is 0 Å². The van der Waals surface area contributed by atoms with Gasteiger partial charge in [-0.15, -0.1) is 0 Å². The van der Waals surface area contributed by atoms with Crippen molar-refractivity contribution in [3.8, 4) is 0 Å². The van der Waals surface area contributed by atoms with Crippen LogP contribution in [0.4, 0.5) is 0 Å². The Labute approximate surface area is 308 Å². The molecule has 49 heavy (non-hydrogen) atoms. The number of nitrogens with zero attached hydrogens (tertiary/aromatic N) is 2. The molecule has 0 aromatic rings. The highest BCUT2D eigenvalue weighted by Gasteiger charge is 2.19. The highest BCUT2D eigenvalue weighted by molar-refractivity contribution is 5.72. The maximum absolute atomic E-state index is 13.0. The number of esters is 1. The molecule has 0 radical (unpaired) electrons. The predicted molar refractivity (Wildman–Crippen MR) is 216 cm³/mol. The van der Waals surface area contributed by atoms with Gasteiger partial charge in [0.05, 0.1) is 12.5 Å². The molecule has 0 aliphatic heterocycles. The normalized spacial score (nSPS) is 13.1. The Morgan fingerprint density at radius 3 is 1.39 bits per heavy atom. The summed E-state index contributed by atoms with van der Waals surface area (Å²) in [5.41, 5.74) is 0. The SMILES string of the molecule is CCCCCCCCC(CCCCCC)COCCCCN(CCCCOC(=O)C(CCCCCC)CCCCCCCC)CCN(C)C. The summed E-state index contributed by atoms with van der Waals surface area (Å²) in [4.78, 5) is 17.9. The van der Waals surface area contributed by atoms with Crippen LogP contribution in [0.2, 0.25) is 0 Å². The lowest BCUT2D eigenvalue weighted by molar-refractivity contribution is -0.149. The van der Waals surface area contributed by atoms with Gasteiger partial charge in [-0.1, -0.05) is 156 Å². The minimum Gasteiger partial charge on any atom is -0.465 e. The van der Waals surface area contributed by atoms with Gasteiger partial charge in [-0.05, 0) is 84.5 Å². The van der Waals surface area contributed by atoms with E-state index in [0.717, 1.165) is 83.8 Å². The molecule has 0 aromatic heterocycles. The Kier molecular flexibility index (Phi) is 38.1. The van der Waals surface area contributed by atoms with Crippen LogP contribution >= 0.6 is 0 Å². The topological polar surface area (TPSA) is 42.0 Å². The van der Waals surface area contributed by atoms with Gasteiger partial charge < -0.3 is 19.3 Å². The van der Waals surface area contributed by atoms with Crippen molar-refractivity contribution in [3.05, 3.63) is 0 Å². The lowest BCUT2D eigenvalue weighted by atomic mass is 9.94. The molecular weight excluding hydrogens is 604 g/mol. The first-order valence-electron chi connectivity index (χ1n) is 22.1. The number of rotatable bonds is 40. The molecule has 294 valence electrons. The van der Waals surface area contributed by atoms with E-state index in [-0.39, 0.29) is 11.9 Å². The first-order valence-corrected chi connectivity index (χ1v) is 22.1. The van der Waals surface area contributed by atoms with Crippen LogP contribution in [-0.2, 0) is 14.3 Å². The molecule has 5 heteroatoms. The number of ether oxygens (including phenoxy) is 2. The van der Waals surface area contributed by atoms with Gasteiger partial charge in [-0.3, -0.25) is 4.79 Å². The fraction of sp³-hybridized carbons (Fsp3) is 0.977. The molecule has 0 saturated heterocycles. The van der Waals surface area contributed by atoms with Gasteiger partial charge >= 0.3 is 5.97 Å². The summed E-state index contributed by atoms with van der Waals surface area (Å²) in [6, 6.07) is 0. The monoisotopic (exact) mass is 695 g/mol. The Balaban J connectivity index is 4.47. The third-order valence-corrected chi connectivity index (χ3v) is 10.4. The minimum absolute atomic E-state index is 0.0738. The fourth-order valence-corrected chi connectivity index (χ4v) is 6.95. The van der Waals surface area contributed by atoms with E-state index in [1.165, 1.54) is 141 Å². The van der Waals surface area contributed by atoms with Crippen molar-refractivity contribution in [1.82, 2.24) is 9.80 Å². The van der Waals surface area contributed by atoms with Crippen LogP contribution in [0.3, 0.4) is 0 Å². The van der Waals surface area contributed by atoms with E-state index in [1.54, 1.807) is 0 Å². The van der Waals surface area contributed by atoms with E-state index < -0.39 is 0 Å². The summed E-state index contributed by atoms with van der Waals surface area (Å²) < 4.78 is 12.2. The van der Waals surface area contributed by atoms with Gasteiger partial charge in [0, 0.05) is 26.3 Å². The van der Waals surface area contributed by atoms with Crippen LogP contribution < -0.4 is 0 Å². The molecule has 0 aliphatic rings. The number of hydrogen-bond donors (Lipinski definition) is 0. The molecule has 0 aliphatic carbocycles. The summed E-state index contributed by atoms with van der Waals surface area (Å²) in [6.45, 7) is 16.0. The molecule has 0 bridgehead atoms. The zero-order valence-electron chi connectivity index (χ0n) is 34.5. The minimum atomic E-state index is 0.0738. The number of hydrogen-bond acceptors (Lipinski definition) is 5. The molecule has 0 N–H and O–H groups in total. The number of unbranched alkanes of at least 4 members (excludes halogenated alkanes) is 18. The molecule has 2 unspecified atom stereocenters. The van der Waals surface area contributed by atoms with Crippen molar-refractivity contribution >= 4 is 5.97 Å². The van der Waals surface area contributed by atoms with Gasteiger partial charge in [0.15, 0.2) is 0 Å². The summed E-state index contributed by atoms with van der Waals surface area (Å²) in [5.74, 6) is 0.930. The van der Waals surface area contributed by atoms with Crippen LogP contribution in [-0.4, -0.2) is 75.9 Å². The second-order valence-electron chi connectivity index (χ2n) is 15.7. The highest BCUT2D eigenvalue weighted by Crippen LogP contribution is 2.21. The van der Waals surface area contributed by atoms with Crippen LogP contribution in [0.25, 0.3) is 0 Å². The summed E-state index contributed by atoms with van der Waals surface area (Å²) >= 11 is 0. The van der Waals surface area contributed by atoms with Crippen molar-refractivity contribution in [3.63, 3.8) is 0 Å².